The maximum atomic E-state index is 12.9. The summed E-state index contributed by atoms with van der Waals surface area (Å²) in [7, 11) is 3.00. The van der Waals surface area contributed by atoms with Gasteiger partial charge >= 0.3 is 6.03 Å². The summed E-state index contributed by atoms with van der Waals surface area (Å²) in [5, 5.41) is 2.20. The molecule has 0 atom stereocenters. The number of hydrogen-bond donors (Lipinski definition) is 1. The predicted octanol–water partition coefficient (Wildman–Crippen LogP) is 2.68. The van der Waals surface area contributed by atoms with E-state index in [0.717, 1.165) is 10.5 Å². The molecule has 0 saturated carbocycles. The molecule has 138 valence electrons. The summed E-state index contributed by atoms with van der Waals surface area (Å²) in [6.45, 7) is 1.90. The van der Waals surface area contributed by atoms with Crippen molar-refractivity contribution < 1.29 is 23.9 Å². The van der Waals surface area contributed by atoms with E-state index >= 15 is 0 Å². The molecule has 0 unspecified atom stereocenters. The highest BCUT2D eigenvalue weighted by atomic mass is 16.5. The maximum absolute atomic E-state index is 12.9. The maximum Gasteiger partial charge on any atom is 0.335 e. The van der Waals surface area contributed by atoms with E-state index in [2.05, 4.69) is 5.32 Å². The molecule has 7 heteroatoms. The fraction of sp³-hybridized carbons (Fsp3) is 0.150. The molecule has 27 heavy (non-hydrogen) atoms. The minimum Gasteiger partial charge on any atom is -0.497 e. The number of nitrogens with one attached hydrogen (secondary N) is 1. The Labute approximate surface area is 156 Å². The van der Waals surface area contributed by atoms with Crippen molar-refractivity contribution >= 4 is 29.6 Å². The molecule has 2 aromatic rings. The Balaban J connectivity index is 2.03. The first-order valence-corrected chi connectivity index (χ1v) is 8.14. The van der Waals surface area contributed by atoms with Gasteiger partial charge in [0.15, 0.2) is 0 Å². The largest absolute Gasteiger partial charge is 0.497 e. The average Bonchev–Trinajstić information content (AvgIpc) is 2.66. The molecule has 0 aliphatic carbocycles. The number of anilines is 1. The zero-order valence-corrected chi connectivity index (χ0v) is 15.1. The number of rotatable bonds is 4. The molecule has 0 bridgehead atoms. The second-order valence-electron chi connectivity index (χ2n) is 5.90. The molecule has 1 saturated heterocycles. The third-order valence-electron chi connectivity index (χ3n) is 4.13. The molecule has 0 radical (unpaired) electrons. The summed E-state index contributed by atoms with van der Waals surface area (Å²) in [5.41, 5.74) is 1.70. The van der Waals surface area contributed by atoms with E-state index in [1.807, 2.05) is 6.92 Å². The second-order valence-corrected chi connectivity index (χ2v) is 5.90. The molecule has 1 N–H and O–H groups in total. The minimum absolute atomic E-state index is 0.168. The van der Waals surface area contributed by atoms with Crippen molar-refractivity contribution in [2.45, 2.75) is 6.92 Å². The van der Waals surface area contributed by atoms with Crippen LogP contribution in [0.2, 0.25) is 0 Å². The summed E-state index contributed by atoms with van der Waals surface area (Å²) in [6, 6.07) is 11.1. The van der Waals surface area contributed by atoms with Gasteiger partial charge in [-0.05, 0) is 37.3 Å². The number of carbonyl (C=O) groups excluding carboxylic acids is 3. The second kappa shape index (κ2) is 7.33. The van der Waals surface area contributed by atoms with Crippen molar-refractivity contribution in [3.05, 3.63) is 59.2 Å². The number of methoxy groups -OCH3 is 2. The molecule has 0 aromatic heterocycles. The molecule has 2 aromatic carbocycles. The van der Waals surface area contributed by atoms with Crippen LogP contribution in [0.25, 0.3) is 6.08 Å². The Bertz CT molecular complexity index is 947. The van der Waals surface area contributed by atoms with Crippen molar-refractivity contribution in [2.24, 2.45) is 0 Å². The average molecular weight is 366 g/mol. The monoisotopic (exact) mass is 366 g/mol. The zero-order chi connectivity index (χ0) is 19.6. The molecule has 4 amide bonds. The number of imide groups is 2. The molecule has 1 heterocycles. The number of nitrogens with zero attached hydrogens (tertiary/aromatic N) is 1. The molecule has 1 aliphatic rings. The SMILES string of the molecule is COc1ccc(C=C2C(=O)NC(=O)N(c3ccc(C)cc3)C2=O)c(OC)c1. The van der Waals surface area contributed by atoms with E-state index in [1.54, 1.807) is 42.5 Å². The van der Waals surface area contributed by atoms with Gasteiger partial charge in [0.25, 0.3) is 11.8 Å². The summed E-state index contributed by atoms with van der Waals surface area (Å²) < 4.78 is 10.4. The van der Waals surface area contributed by atoms with Gasteiger partial charge in [-0.2, -0.15) is 0 Å². The number of benzene rings is 2. The minimum atomic E-state index is -0.785. The van der Waals surface area contributed by atoms with Gasteiger partial charge < -0.3 is 9.47 Å². The third-order valence-corrected chi connectivity index (χ3v) is 4.13. The highest BCUT2D eigenvalue weighted by Gasteiger charge is 2.36. The molecule has 1 aliphatic heterocycles. The van der Waals surface area contributed by atoms with Gasteiger partial charge in [0, 0.05) is 11.6 Å². The molecule has 3 rings (SSSR count). The Morgan fingerprint density at radius 2 is 1.67 bits per heavy atom. The van der Waals surface area contributed by atoms with Crippen LogP contribution >= 0.6 is 0 Å². The predicted molar refractivity (Wildman–Crippen MR) is 99.7 cm³/mol. The fourth-order valence-corrected chi connectivity index (χ4v) is 2.68. The van der Waals surface area contributed by atoms with Crippen molar-refractivity contribution in [3.8, 4) is 11.5 Å². The summed E-state index contributed by atoms with van der Waals surface area (Å²) in [4.78, 5) is 38.3. The highest BCUT2D eigenvalue weighted by molar-refractivity contribution is 6.39. The van der Waals surface area contributed by atoms with E-state index in [-0.39, 0.29) is 5.57 Å². The number of carbonyl (C=O) groups is 3. The molecule has 0 spiro atoms. The van der Waals surface area contributed by atoms with E-state index in [9.17, 15) is 14.4 Å². The summed E-state index contributed by atoms with van der Waals surface area (Å²) in [5.74, 6) is -0.456. The first-order chi connectivity index (χ1) is 12.9. The molecule has 7 nitrogen and oxygen atoms in total. The molecule has 1 fully saturated rings. The Morgan fingerprint density at radius 1 is 0.963 bits per heavy atom. The van der Waals surface area contributed by atoms with Gasteiger partial charge in [0.05, 0.1) is 19.9 Å². The van der Waals surface area contributed by atoms with Crippen molar-refractivity contribution in [1.29, 1.82) is 0 Å². The first kappa shape index (κ1) is 18.2. The lowest BCUT2D eigenvalue weighted by molar-refractivity contribution is -0.122. The Morgan fingerprint density at radius 3 is 2.30 bits per heavy atom. The standard InChI is InChI=1S/C20H18N2O5/c1-12-4-7-14(8-5-12)22-19(24)16(18(23)21-20(22)25)10-13-6-9-15(26-2)11-17(13)27-3/h4-11H,1-3H3,(H,21,23,25). The lowest BCUT2D eigenvalue weighted by atomic mass is 10.1. The van der Waals surface area contributed by atoms with Crippen LogP contribution in [0.1, 0.15) is 11.1 Å². The zero-order valence-electron chi connectivity index (χ0n) is 15.1. The fourth-order valence-electron chi connectivity index (χ4n) is 2.68. The molecular weight excluding hydrogens is 348 g/mol. The molecular formula is C20H18N2O5. The van der Waals surface area contributed by atoms with Crippen molar-refractivity contribution in [2.75, 3.05) is 19.1 Å². The number of ether oxygens (including phenoxy) is 2. The van der Waals surface area contributed by atoms with Gasteiger partial charge in [-0.15, -0.1) is 0 Å². The Kier molecular flexibility index (Phi) is 4.94. The lowest BCUT2D eigenvalue weighted by Gasteiger charge is -2.26. The van der Waals surface area contributed by atoms with Crippen LogP contribution in [-0.4, -0.2) is 32.1 Å². The van der Waals surface area contributed by atoms with Gasteiger partial charge in [0.2, 0.25) is 0 Å². The van der Waals surface area contributed by atoms with E-state index in [0.29, 0.717) is 22.7 Å². The topological polar surface area (TPSA) is 84.9 Å². The summed E-state index contributed by atoms with van der Waals surface area (Å²) in [6.07, 6.45) is 1.39. The van der Waals surface area contributed by atoms with Gasteiger partial charge in [-0.3, -0.25) is 14.9 Å². The van der Waals surface area contributed by atoms with Gasteiger partial charge in [-0.1, -0.05) is 17.7 Å². The number of amides is 4. The quantitative estimate of drug-likeness (QED) is 0.664. The highest BCUT2D eigenvalue weighted by Crippen LogP contribution is 2.28. The van der Waals surface area contributed by atoms with E-state index in [4.69, 9.17) is 9.47 Å². The van der Waals surface area contributed by atoms with Crippen molar-refractivity contribution in [3.63, 3.8) is 0 Å². The van der Waals surface area contributed by atoms with Crippen LogP contribution in [0.5, 0.6) is 11.5 Å². The number of barbiturate groups is 1. The number of aryl methyl sites for hydroxylation is 1. The number of hydrogen-bond acceptors (Lipinski definition) is 5. The normalized spacial score (nSPS) is 15.7. The van der Waals surface area contributed by atoms with Gasteiger partial charge in [0.1, 0.15) is 17.1 Å². The van der Waals surface area contributed by atoms with Crippen LogP contribution in [0.4, 0.5) is 10.5 Å². The Hall–Kier alpha value is -3.61. The van der Waals surface area contributed by atoms with Crippen LogP contribution < -0.4 is 19.7 Å². The van der Waals surface area contributed by atoms with Crippen LogP contribution in [0.3, 0.4) is 0 Å². The van der Waals surface area contributed by atoms with E-state index in [1.165, 1.54) is 20.3 Å². The number of urea groups is 1. The lowest BCUT2D eigenvalue weighted by Crippen LogP contribution is -2.54. The van der Waals surface area contributed by atoms with E-state index < -0.39 is 17.8 Å². The first-order valence-electron chi connectivity index (χ1n) is 8.14. The van der Waals surface area contributed by atoms with Crippen LogP contribution in [0, 0.1) is 6.92 Å². The summed E-state index contributed by atoms with van der Waals surface area (Å²) >= 11 is 0. The van der Waals surface area contributed by atoms with Crippen LogP contribution in [-0.2, 0) is 9.59 Å². The van der Waals surface area contributed by atoms with Crippen LogP contribution in [0.15, 0.2) is 48.0 Å². The third kappa shape index (κ3) is 3.52. The van der Waals surface area contributed by atoms with Crippen molar-refractivity contribution in [1.82, 2.24) is 5.32 Å². The van der Waals surface area contributed by atoms with Gasteiger partial charge in [-0.25, -0.2) is 9.69 Å². The smallest absolute Gasteiger partial charge is 0.335 e.